The first-order valence-corrected chi connectivity index (χ1v) is 7.99. The summed E-state index contributed by atoms with van der Waals surface area (Å²) in [5.74, 6) is 0.122. The Kier molecular flexibility index (Phi) is 3.96. The molecule has 0 radical (unpaired) electrons. The molecule has 0 atom stereocenters. The van der Waals surface area contributed by atoms with E-state index in [1.54, 1.807) is 24.3 Å². The third-order valence-corrected chi connectivity index (χ3v) is 5.27. The highest BCUT2D eigenvalue weighted by atomic mass is 16.2. The zero-order chi connectivity index (χ0) is 14.7. The summed E-state index contributed by atoms with van der Waals surface area (Å²) in [6, 6.07) is 7.01. The fourth-order valence-electron chi connectivity index (χ4n) is 3.85. The highest BCUT2D eigenvalue weighted by Gasteiger charge is 2.36. The molecule has 3 rings (SSSR count). The number of amides is 1. The SMILES string of the molecule is [C-]#[N+]c1ccc(C(=O)N2CCC3(CCCCC3)CC2)cc1. The Balaban J connectivity index is 1.63. The summed E-state index contributed by atoms with van der Waals surface area (Å²) in [5, 5.41) is 0. The molecular formula is C18H22N2O. The average Bonchev–Trinajstić information content (AvgIpc) is 2.56. The van der Waals surface area contributed by atoms with Gasteiger partial charge in [0.2, 0.25) is 0 Å². The fraction of sp³-hybridized carbons (Fsp3) is 0.556. The number of carbonyl (C=O) groups is 1. The van der Waals surface area contributed by atoms with E-state index >= 15 is 0 Å². The minimum Gasteiger partial charge on any atom is -0.339 e. The lowest BCUT2D eigenvalue weighted by atomic mass is 9.68. The number of nitrogens with zero attached hydrogens (tertiary/aromatic N) is 2. The molecular weight excluding hydrogens is 260 g/mol. The maximum Gasteiger partial charge on any atom is 0.253 e. The van der Waals surface area contributed by atoms with Crippen LogP contribution in [0.4, 0.5) is 5.69 Å². The third-order valence-electron chi connectivity index (χ3n) is 5.27. The lowest BCUT2D eigenvalue weighted by Crippen LogP contribution is -2.43. The van der Waals surface area contributed by atoms with Crippen LogP contribution < -0.4 is 0 Å². The topological polar surface area (TPSA) is 24.7 Å². The van der Waals surface area contributed by atoms with Crippen LogP contribution in [0.1, 0.15) is 55.3 Å². The third kappa shape index (κ3) is 2.95. The van der Waals surface area contributed by atoms with Crippen molar-refractivity contribution in [2.24, 2.45) is 5.41 Å². The smallest absolute Gasteiger partial charge is 0.253 e. The lowest BCUT2D eigenvalue weighted by Gasteiger charge is -2.44. The van der Waals surface area contributed by atoms with Crippen LogP contribution in [0, 0.1) is 12.0 Å². The molecule has 1 heterocycles. The van der Waals surface area contributed by atoms with Crippen molar-refractivity contribution in [3.8, 4) is 0 Å². The fourth-order valence-corrected chi connectivity index (χ4v) is 3.85. The maximum absolute atomic E-state index is 12.5. The van der Waals surface area contributed by atoms with E-state index in [1.807, 2.05) is 4.90 Å². The van der Waals surface area contributed by atoms with Crippen LogP contribution in [-0.2, 0) is 0 Å². The molecule has 0 aromatic heterocycles. The van der Waals surface area contributed by atoms with Crippen molar-refractivity contribution in [3.63, 3.8) is 0 Å². The number of carbonyl (C=O) groups excluding carboxylic acids is 1. The molecule has 3 heteroatoms. The van der Waals surface area contributed by atoms with Gasteiger partial charge in [-0.05, 0) is 31.1 Å². The molecule has 1 aromatic carbocycles. The predicted molar refractivity (Wildman–Crippen MR) is 83.4 cm³/mol. The van der Waals surface area contributed by atoms with Crippen molar-refractivity contribution in [1.29, 1.82) is 0 Å². The highest BCUT2D eigenvalue weighted by Crippen LogP contribution is 2.44. The van der Waals surface area contributed by atoms with Gasteiger partial charge >= 0.3 is 0 Å². The minimum absolute atomic E-state index is 0.122. The molecule has 2 fully saturated rings. The molecule has 21 heavy (non-hydrogen) atoms. The van der Waals surface area contributed by atoms with Crippen molar-refractivity contribution in [3.05, 3.63) is 41.2 Å². The largest absolute Gasteiger partial charge is 0.339 e. The van der Waals surface area contributed by atoms with Gasteiger partial charge in [0.25, 0.3) is 5.91 Å². The van der Waals surface area contributed by atoms with Gasteiger partial charge in [-0.1, -0.05) is 43.5 Å². The van der Waals surface area contributed by atoms with Gasteiger partial charge in [0, 0.05) is 18.7 Å². The lowest BCUT2D eigenvalue weighted by molar-refractivity contribution is 0.0472. The summed E-state index contributed by atoms with van der Waals surface area (Å²) in [7, 11) is 0. The van der Waals surface area contributed by atoms with Crippen molar-refractivity contribution in [1.82, 2.24) is 4.90 Å². The van der Waals surface area contributed by atoms with E-state index in [1.165, 1.54) is 44.9 Å². The number of piperidine rings is 1. The normalized spacial score (nSPS) is 21.0. The molecule has 3 nitrogen and oxygen atoms in total. The number of likely N-dealkylation sites (tertiary alicyclic amines) is 1. The van der Waals surface area contributed by atoms with Crippen LogP contribution in [0.25, 0.3) is 4.85 Å². The molecule has 1 aliphatic carbocycles. The van der Waals surface area contributed by atoms with Crippen LogP contribution in [0.5, 0.6) is 0 Å². The van der Waals surface area contributed by atoms with Crippen molar-refractivity contribution >= 4 is 11.6 Å². The Bertz CT molecular complexity index is 540. The monoisotopic (exact) mass is 282 g/mol. The number of hydrogen-bond donors (Lipinski definition) is 0. The molecule has 1 spiro atoms. The average molecular weight is 282 g/mol. The van der Waals surface area contributed by atoms with E-state index in [9.17, 15) is 4.79 Å². The van der Waals surface area contributed by atoms with Gasteiger partial charge in [0.05, 0.1) is 6.57 Å². The van der Waals surface area contributed by atoms with Gasteiger partial charge < -0.3 is 4.90 Å². The maximum atomic E-state index is 12.5. The van der Waals surface area contributed by atoms with E-state index in [2.05, 4.69) is 4.85 Å². The first-order valence-electron chi connectivity index (χ1n) is 7.99. The molecule has 1 amide bonds. The van der Waals surface area contributed by atoms with Crippen LogP contribution in [0.15, 0.2) is 24.3 Å². The molecule has 2 aliphatic rings. The molecule has 0 N–H and O–H groups in total. The number of hydrogen-bond acceptors (Lipinski definition) is 1. The second-order valence-corrected chi connectivity index (χ2v) is 6.51. The standard InChI is InChI=1S/C18H22N2O/c1-19-16-7-5-15(6-8-16)17(21)20-13-11-18(12-14-20)9-3-2-4-10-18/h5-8H,2-4,9-14H2. The van der Waals surface area contributed by atoms with E-state index in [4.69, 9.17) is 6.57 Å². The second kappa shape index (κ2) is 5.89. The van der Waals surface area contributed by atoms with E-state index in [0.29, 0.717) is 16.7 Å². The predicted octanol–water partition coefficient (Wildman–Crippen LogP) is 4.42. The van der Waals surface area contributed by atoms with Gasteiger partial charge in [-0.2, -0.15) is 0 Å². The van der Waals surface area contributed by atoms with Gasteiger partial charge in [-0.3, -0.25) is 4.79 Å². The van der Waals surface area contributed by atoms with Gasteiger partial charge in [0.1, 0.15) is 0 Å². The van der Waals surface area contributed by atoms with Crippen LogP contribution in [0.2, 0.25) is 0 Å². The molecule has 1 aromatic rings. The molecule has 1 aliphatic heterocycles. The molecule has 0 bridgehead atoms. The Morgan fingerprint density at radius 2 is 1.62 bits per heavy atom. The Hall–Kier alpha value is -1.82. The first kappa shape index (κ1) is 14.1. The van der Waals surface area contributed by atoms with Crippen LogP contribution >= 0.6 is 0 Å². The number of benzene rings is 1. The Morgan fingerprint density at radius 1 is 1.00 bits per heavy atom. The summed E-state index contributed by atoms with van der Waals surface area (Å²) in [6.07, 6.45) is 9.16. The molecule has 110 valence electrons. The summed E-state index contributed by atoms with van der Waals surface area (Å²) in [6.45, 7) is 8.74. The van der Waals surface area contributed by atoms with E-state index in [0.717, 1.165) is 13.1 Å². The van der Waals surface area contributed by atoms with Gasteiger partial charge in [-0.15, -0.1) is 0 Å². The van der Waals surface area contributed by atoms with Crippen LogP contribution in [0.3, 0.4) is 0 Å². The zero-order valence-corrected chi connectivity index (χ0v) is 12.5. The number of rotatable bonds is 1. The van der Waals surface area contributed by atoms with Crippen molar-refractivity contribution in [2.45, 2.75) is 44.9 Å². The zero-order valence-electron chi connectivity index (χ0n) is 12.5. The highest BCUT2D eigenvalue weighted by molar-refractivity contribution is 5.94. The van der Waals surface area contributed by atoms with Gasteiger partial charge in [-0.25, -0.2) is 4.85 Å². The van der Waals surface area contributed by atoms with Crippen molar-refractivity contribution in [2.75, 3.05) is 13.1 Å². The van der Waals surface area contributed by atoms with E-state index in [-0.39, 0.29) is 5.91 Å². The van der Waals surface area contributed by atoms with E-state index < -0.39 is 0 Å². The van der Waals surface area contributed by atoms with Crippen molar-refractivity contribution < 1.29 is 4.79 Å². The quantitative estimate of drug-likeness (QED) is 0.700. The summed E-state index contributed by atoms with van der Waals surface area (Å²) >= 11 is 0. The second-order valence-electron chi connectivity index (χ2n) is 6.51. The molecule has 0 unspecified atom stereocenters. The van der Waals surface area contributed by atoms with Gasteiger partial charge in [0.15, 0.2) is 5.69 Å². The summed E-state index contributed by atoms with van der Waals surface area (Å²) < 4.78 is 0. The summed E-state index contributed by atoms with van der Waals surface area (Å²) in [5.41, 5.74) is 1.83. The minimum atomic E-state index is 0.122. The first-order chi connectivity index (χ1) is 10.2. The Labute approximate surface area is 126 Å². The molecule has 1 saturated heterocycles. The van der Waals surface area contributed by atoms with Crippen LogP contribution in [-0.4, -0.2) is 23.9 Å². The molecule has 1 saturated carbocycles. The summed E-state index contributed by atoms with van der Waals surface area (Å²) in [4.78, 5) is 17.9. The Morgan fingerprint density at radius 3 is 2.19 bits per heavy atom.